The smallest absolute Gasteiger partial charge is 0.0632 e. The van der Waals surface area contributed by atoms with E-state index in [1.807, 2.05) is 0 Å². The number of fused-ring (bicyclic) bond motifs is 11. The maximum absolute atomic E-state index is 2.64. The maximum Gasteiger partial charge on any atom is 0.0632 e. The number of allylic oxidation sites excluding steroid dienone is 1. The molecule has 2 heterocycles. The van der Waals surface area contributed by atoms with Crippen LogP contribution in [0.3, 0.4) is 0 Å². The summed E-state index contributed by atoms with van der Waals surface area (Å²) in [6.07, 6.45) is 10.1. The van der Waals surface area contributed by atoms with Gasteiger partial charge < -0.3 is 14.4 Å². The van der Waals surface area contributed by atoms with Crippen LogP contribution in [0.15, 0.2) is 273 Å². The Morgan fingerprint density at radius 2 is 0.976 bits per heavy atom. The zero-order chi connectivity index (χ0) is 55.6. The van der Waals surface area contributed by atoms with Gasteiger partial charge in [-0.1, -0.05) is 232 Å². The minimum atomic E-state index is -0.268. The highest BCUT2D eigenvalue weighted by atomic mass is 15.2. The van der Waals surface area contributed by atoms with Crippen molar-refractivity contribution in [1.82, 2.24) is 4.57 Å². The van der Waals surface area contributed by atoms with Crippen molar-refractivity contribution in [2.24, 2.45) is 0 Å². The van der Waals surface area contributed by atoms with Gasteiger partial charge in [-0.05, 0) is 152 Å². The van der Waals surface area contributed by atoms with Crippen molar-refractivity contribution in [2.75, 3.05) is 9.80 Å². The maximum atomic E-state index is 2.64. The first-order chi connectivity index (χ1) is 41.5. The summed E-state index contributed by atoms with van der Waals surface area (Å²) in [5, 5.41) is 12.4. The number of nitrogens with zero attached hydrogens (tertiary/aromatic N) is 3. The molecule has 0 spiro atoms. The molecule has 14 aromatic rings. The van der Waals surface area contributed by atoms with Gasteiger partial charge in [0.05, 0.1) is 39.8 Å². The largest absolute Gasteiger partial charge is 0.332 e. The fraction of sp³-hybridized carbons (Fsp3) is 0.0864. The molecule has 0 radical (unpaired) electrons. The van der Waals surface area contributed by atoms with Crippen molar-refractivity contribution in [3.8, 4) is 16.8 Å². The first-order valence-electron chi connectivity index (χ1n) is 29.8. The minimum Gasteiger partial charge on any atom is -0.332 e. The predicted octanol–water partition coefficient (Wildman–Crippen LogP) is 21.8. The summed E-state index contributed by atoms with van der Waals surface area (Å²) >= 11 is 0. The summed E-state index contributed by atoms with van der Waals surface area (Å²) in [6, 6.07) is 98.0. The average Bonchev–Trinajstić information content (AvgIpc) is 2.32. The van der Waals surface area contributed by atoms with Crippen molar-refractivity contribution in [2.45, 2.75) is 44.6 Å². The van der Waals surface area contributed by atoms with Crippen LogP contribution in [-0.2, 0) is 11.8 Å². The van der Waals surface area contributed by atoms with Crippen LogP contribution in [0, 0.1) is 0 Å². The Hall–Kier alpha value is -10.2. The van der Waals surface area contributed by atoms with Gasteiger partial charge in [0.2, 0.25) is 0 Å². The fourth-order valence-electron chi connectivity index (χ4n) is 15.1. The van der Waals surface area contributed by atoms with Gasteiger partial charge in [-0.15, -0.1) is 0 Å². The van der Waals surface area contributed by atoms with Gasteiger partial charge in [0.25, 0.3) is 0 Å². The topological polar surface area (TPSA) is 11.4 Å². The van der Waals surface area contributed by atoms with E-state index < -0.39 is 0 Å². The second-order valence-corrected chi connectivity index (χ2v) is 23.8. The summed E-state index contributed by atoms with van der Waals surface area (Å²) < 4.78 is 2.58. The van der Waals surface area contributed by atoms with E-state index in [2.05, 4.69) is 307 Å². The molecule has 1 unspecified atom stereocenters. The summed E-state index contributed by atoms with van der Waals surface area (Å²) in [6.45, 7) is 4.87. The predicted molar refractivity (Wildman–Crippen MR) is 356 cm³/mol. The van der Waals surface area contributed by atoms with Gasteiger partial charge in [-0.25, -0.2) is 0 Å². The summed E-state index contributed by atoms with van der Waals surface area (Å²) in [5.41, 5.74) is 22.6. The molecule has 1 atom stereocenters. The summed E-state index contributed by atoms with van der Waals surface area (Å²) in [5.74, 6) is 0. The minimum absolute atomic E-state index is 0.0368. The van der Waals surface area contributed by atoms with Crippen molar-refractivity contribution < 1.29 is 0 Å². The summed E-state index contributed by atoms with van der Waals surface area (Å²) in [4.78, 5) is 5.17. The number of aromatic nitrogens is 1. The van der Waals surface area contributed by atoms with E-state index in [1.165, 1.54) is 155 Å². The van der Waals surface area contributed by atoms with Crippen LogP contribution in [0.4, 0.5) is 28.4 Å². The molecule has 3 nitrogen and oxygen atoms in total. The Balaban J connectivity index is 0.855. The highest BCUT2D eigenvalue weighted by Gasteiger charge is 2.37. The Morgan fingerprint density at radius 3 is 1.63 bits per heavy atom. The molecule has 0 saturated heterocycles. The molecule has 13 aromatic carbocycles. The van der Waals surface area contributed by atoms with Crippen molar-refractivity contribution in [3.63, 3.8) is 0 Å². The van der Waals surface area contributed by atoms with E-state index in [0.717, 1.165) is 19.3 Å². The third-order valence-corrected chi connectivity index (χ3v) is 18.9. The van der Waals surface area contributed by atoms with Crippen LogP contribution in [-0.4, -0.2) is 4.57 Å². The third-order valence-electron chi connectivity index (χ3n) is 18.9. The lowest BCUT2D eigenvalue weighted by atomic mass is 9.73. The van der Waals surface area contributed by atoms with E-state index in [1.54, 1.807) is 0 Å². The zero-order valence-electron chi connectivity index (χ0n) is 47.1. The molecule has 17 rings (SSSR count). The zero-order valence-corrected chi connectivity index (χ0v) is 47.1. The van der Waals surface area contributed by atoms with E-state index in [-0.39, 0.29) is 11.5 Å². The molecule has 3 aliphatic rings. The van der Waals surface area contributed by atoms with Crippen LogP contribution < -0.4 is 9.80 Å². The van der Waals surface area contributed by atoms with Crippen molar-refractivity contribution >= 4 is 105 Å². The normalized spacial score (nSPS) is 14.9. The number of anilines is 5. The average molecular weight is 1070 g/mol. The Morgan fingerprint density at radius 1 is 0.429 bits per heavy atom. The molecule has 84 heavy (non-hydrogen) atoms. The fourth-order valence-corrected chi connectivity index (χ4v) is 15.1. The molecule has 0 fully saturated rings. The third kappa shape index (κ3) is 7.31. The molecule has 1 aromatic heterocycles. The Labute approximate surface area is 489 Å². The van der Waals surface area contributed by atoms with Gasteiger partial charge in [0.1, 0.15) is 0 Å². The van der Waals surface area contributed by atoms with Gasteiger partial charge in [0, 0.05) is 54.7 Å². The lowest BCUT2D eigenvalue weighted by molar-refractivity contribution is 0.630. The number of hydrogen-bond acceptors (Lipinski definition) is 2. The van der Waals surface area contributed by atoms with Gasteiger partial charge in [-0.2, -0.15) is 0 Å². The van der Waals surface area contributed by atoms with Crippen LogP contribution >= 0.6 is 0 Å². The molecule has 2 aliphatic carbocycles. The molecule has 0 saturated carbocycles. The van der Waals surface area contributed by atoms with E-state index >= 15 is 0 Å². The number of para-hydroxylation sites is 1. The first-order valence-corrected chi connectivity index (χ1v) is 29.8. The highest BCUT2D eigenvalue weighted by Crippen LogP contribution is 2.53. The highest BCUT2D eigenvalue weighted by molar-refractivity contribution is 6.15. The molecule has 3 heteroatoms. The molecule has 0 bridgehead atoms. The number of rotatable bonds is 8. The quantitative estimate of drug-likeness (QED) is 0.150. The molecular weight excluding hydrogens is 1010 g/mol. The van der Waals surface area contributed by atoms with Gasteiger partial charge >= 0.3 is 0 Å². The van der Waals surface area contributed by atoms with Gasteiger partial charge in [0.15, 0.2) is 0 Å². The van der Waals surface area contributed by atoms with Gasteiger partial charge in [-0.3, -0.25) is 0 Å². The molecular formula is C81H59N3. The standard InChI is InChI=1S/C81H59N3/c1-81(2)70-37-15-16-38-79(70)84-78-46-43-56(58-44-47-76(66-35-13-11-33-64(58)66)82(72-39-17-25-52-21-3-7-29-60(52)72)73-40-18-26-53-22-4-8-30-61(53)73)49-68(78)69-50-57(51-71(81)80(69)84)59-45-48-77(67-36-14-12-34-65(59)67)83(74-41-19-27-54-23-5-9-31-62(54)74)75-42-20-28-55-24-6-10-32-63(55)75/h3-10,12-32,34-47,49-51,77H,11,33,48H2,1-2H3. The van der Waals surface area contributed by atoms with Crippen LogP contribution in [0.25, 0.3) is 93.4 Å². The molecule has 0 amide bonds. The monoisotopic (exact) mass is 1070 g/mol. The SMILES string of the molecule is CC1(C)c2ccccc2-n2c3ccc(-c4ccc(N(c5cccc6ccccc56)c5cccc6ccccc56)c5c4CCC=C5)cc3c3cc(C4=CCC(N(c5cccc6ccccc56)c5cccc6ccccc56)c5ccccc54)cc1c32. The second-order valence-electron chi connectivity index (χ2n) is 23.8. The van der Waals surface area contributed by atoms with Crippen molar-refractivity contribution in [3.05, 3.63) is 312 Å². The van der Waals surface area contributed by atoms with E-state index in [9.17, 15) is 0 Å². The lowest BCUT2D eigenvalue weighted by Crippen LogP contribution is -2.27. The summed E-state index contributed by atoms with van der Waals surface area (Å²) in [7, 11) is 0. The first kappa shape index (κ1) is 48.5. The van der Waals surface area contributed by atoms with E-state index in [4.69, 9.17) is 0 Å². The van der Waals surface area contributed by atoms with Crippen LogP contribution in [0.5, 0.6) is 0 Å². The Bertz CT molecular complexity index is 4950. The van der Waals surface area contributed by atoms with Crippen molar-refractivity contribution in [1.29, 1.82) is 0 Å². The van der Waals surface area contributed by atoms with E-state index in [0.29, 0.717) is 0 Å². The molecule has 0 N–H and O–H groups in total. The van der Waals surface area contributed by atoms with Crippen LogP contribution in [0.1, 0.15) is 71.7 Å². The molecule has 398 valence electrons. The number of hydrogen-bond donors (Lipinski definition) is 0. The number of benzene rings is 13. The Kier molecular flexibility index (Phi) is 10.9. The lowest BCUT2D eigenvalue weighted by Gasteiger charge is -2.39. The van der Waals surface area contributed by atoms with Crippen LogP contribution in [0.2, 0.25) is 0 Å². The molecule has 1 aliphatic heterocycles. The second kappa shape index (κ2) is 18.9.